The molecule has 0 fully saturated rings. The van der Waals surface area contributed by atoms with Gasteiger partial charge in [-0.15, -0.1) is 10.2 Å². The van der Waals surface area contributed by atoms with E-state index in [1.807, 2.05) is 23.7 Å². The van der Waals surface area contributed by atoms with Gasteiger partial charge in [-0.25, -0.2) is 15.0 Å². The molecule has 0 radical (unpaired) electrons. The summed E-state index contributed by atoms with van der Waals surface area (Å²) in [6, 6.07) is 3.81. The summed E-state index contributed by atoms with van der Waals surface area (Å²) in [4.78, 5) is 12.6. The lowest BCUT2D eigenvalue weighted by Gasteiger charge is -2.02. The molecule has 0 aliphatic carbocycles. The first-order valence-electron chi connectivity index (χ1n) is 4.92. The Morgan fingerprint density at radius 2 is 2.18 bits per heavy atom. The fraction of sp³-hybridized carbons (Fsp3) is 0.100. The van der Waals surface area contributed by atoms with Crippen LogP contribution in [0.3, 0.4) is 0 Å². The fourth-order valence-electron chi connectivity index (χ4n) is 1.41. The number of fused-ring (bicyclic) bond motifs is 1. The maximum absolute atomic E-state index is 4.25. The Balaban J connectivity index is 2.09. The predicted molar refractivity (Wildman–Crippen MR) is 62.5 cm³/mol. The second kappa shape index (κ2) is 4.10. The van der Waals surface area contributed by atoms with Gasteiger partial charge in [-0.05, 0) is 23.9 Å². The summed E-state index contributed by atoms with van der Waals surface area (Å²) >= 11 is 1.45. The molecule has 3 aromatic heterocycles. The van der Waals surface area contributed by atoms with E-state index in [0.717, 1.165) is 15.6 Å². The highest BCUT2D eigenvalue weighted by atomic mass is 32.2. The largest absolute Gasteiger partial charge is 0.311 e. The first-order chi connectivity index (χ1) is 8.34. The van der Waals surface area contributed by atoms with Gasteiger partial charge in [0, 0.05) is 13.2 Å². The highest BCUT2D eigenvalue weighted by molar-refractivity contribution is 7.99. The van der Waals surface area contributed by atoms with Crippen molar-refractivity contribution < 1.29 is 0 Å². The normalized spacial score (nSPS) is 10.9. The molecular formula is C10H8N6S. The van der Waals surface area contributed by atoms with Crippen LogP contribution in [0.15, 0.2) is 41.2 Å². The molecule has 0 saturated carbocycles. The van der Waals surface area contributed by atoms with Gasteiger partial charge in [-0.2, -0.15) is 0 Å². The van der Waals surface area contributed by atoms with Gasteiger partial charge >= 0.3 is 0 Å². The molecule has 0 unspecified atom stereocenters. The van der Waals surface area contributed by atoms with Crippen molar-refractivity contribution in [1.82, 2.24) is 29.7 Å². The van der Waals surface area contributed by atoms with Crippen molar-refractivity contribution in [2.75, 3.05) is 0 Å². The number of pyridine rings is 1. The molecule has 0 bridgehead atoms. The number of hydrogen-bond donors (Lipinski definition) is 0. The maximum atomic E-state index is 4.25. The maximum Gasteiger partial charge on any atom is 0.197 e. The zero-order chi connectivity index (χ0) is 11.7. The van der Waals surface area contributed by atoms with Gasteiger partial charge in [0.25, 0.3) is 0 Å². The van der Waals surface area contributed by atoms with Crippen molar-refractivity contribution in [3.8, 4) is 0 Å². The van der Waals surface area contributed by atoms with E-state index >= 15 is 0 Å². The van der Waals surface area contributed by atoms with Crippen LogP contribution < -0.4 is 0 Å². The molecule has 3 aromatic rings. The fourth-order valence-corrected chi connectivity index (χ4v) is 2.23. The van der Waals surface area contributed by atoms with Crippen molar-refractivity contribution in [1.29, 1.82) is 0 Å². The average Bonchev–Trinajstić information content (AvgIpc) is 2.76. The molecule has 0 amide bonds. The molecule has 84 valence electrons. The minimum absolute atomic E-state index is 0.687. The summed E-state index contributed by atoms with van der Waals surface area (Å²) in [5, 5.41) is 10.4. The topological polar surface area (TPSA) is 69.4 Å². The zero-order valence-electron chi connectivity index (χ0n) is 8.98. The van der Waals surface area contributed by atoms with Gasteiger partial charge in [-0.3, -0.25) is 0 Å². The van der Waals surface area contributed by atoms with E-state index in [0.29, 0.717) is 5.65 Å². The van der Waals surface area contributed by atoms with Gasteiger partial charge in [0.1, 0.15) is 17.7 Å². The lowest BCUT2D eigenvalue weighted by Crippen LogP contribution is -1.92. The van der Waals surface area contributed by atoms with E-state index in [2.05, 4.69) is 25.1 Å². The lowest BCUT2D eigenvalue weighted by molar-refractivity contribution is 0.787. The van der Waals surface area contributed by atoms with Crippen LogP contribution in [0.25, 0.3) is 11.0 Å². The quantitative estimate of drug-likeness (QED) is 0.633. The summed E-state index contributed by atoms with van der Waals surface area (Å²) in [5.74, 6) is 0. The predicted octanol–water partition coefficient (Wildman–Crippen LogP) is 1.30. The standard InChI is InChI=1S/C10H8N6S/c1-16-6-14-15-10(16)17-9-7-3-2-4-11-8(7)12-5-13-9/h2-6H,1H3. The first-order valence-corrected chi connectivity index (χ1v) is 5.74. The number of rotatable bonds is 2. The molecule has 0 aromatic carbocycles. The average molecular weight is 244 g/mol. The van der Waals surface area contributed by atoms with Gasteiger partial charge in [0.2, 0.25) is 0 Å². The lowest BCUT2D eigenvalue weighted by atomic mass is 10.3. The van der Waals surface area contributed by atoms with Crippen LogP contribution in [0.4, 0.5) is 0 Å². The van der Waals surface area contributed by atoms with Crippen molar-refractivity contribution in [2.45, 2.75) is 10.2 Å². The van der Waals surface area contributed by atoms with E-state index in [1.54, 1.807) is 12.5 Å². The van der Waals surface area contributed by atoms with Crippen molar-refractivity contribution in [3.05, 3.63) is 31.0 Å². The Hall–Kier alpha value is -2.02. The number of nitrogens with zero attached hydrogens (tertiary/aromatic N) is 6. The molecule has 0 atom stereocenters. The van der Waals surface area contributed by atoms with Crippen molar-refractivity contribution >= 4 is 22.8 Å². The van der Waals surface area contributed by atoms with Crippen LogP contribution in [0.2, 0.25) is 0 Å². The van der Waals surface area contributed by atoms with Crippen LogP contribution in [0, 0.1) is 0 Å². The van der Waals surface area contributed by atoms with Gasteiger partial charge in [-0.1, -0.05) is 0 Å². The number of aromatic nitrogens is 6. The zero-order valence-corrected chi connectivity index (χ0v) is 9.79. The summed E-state index contributed by atoms with van der Waals surface area (Å²) in [6.07, 6.45) is 4.88. The van der Waals surface area contributed by atoms with Gasteiger partial charge in [0.15, 0.2) is 10.8 Å². The Kier molecular flexibility index (Phi) is 2.45. The third kappa shape index (κ3) is 1.84. The molecule has 0 N–H and O–H groups in total. The molecule has 0 aliphatic heterocycles. The summed E-state index contributed by atoms with van der Waals surface area (Å²) in [5.41, 5.74) is 0.687. The molecule has 7 heteroatoms. The SMILES string of the molecule is Cn1cnnc1Sc1ncnc2ncccc12. The Morgan fingerprint density at radius 3 is 3.00 bits per heavy atom. The Morgan fingerprint density at radius 1 is 1.24 bits per heavy atom. The van der Waals surface area contributed by atoms with Crippen LogP contribution in [-0.4, -0.2) is 29.7 Å². The second-order valence-electron chi connectivity index (χ2n) is 3.38. The minimum Gasteiger partial charge on any atom is -0.311 e. The molecule has 3 heterocycles. The van der Waals surface area contributed by atoms with Crippen LogP contribution in [-0.2, 0) is 7.05 Å². The van der Waals surface area contributed by atoms with Crippen molar-refractivity contribution in [2.24, 2.45) is 7.05 Å². The number of hydrogen-bond acceptors (Lipinski definition) is 6. The van der Waals surface area contributed by atoms with Crippen LogP contribution in [0.5, 0.6) is 0 Å². The molecule has 0 spiro atoms. The molecular weight excluding hydrogens is 236 g/mol. The molecule has 6 nitrogen and oxygen atoms in total. The highest BCUT2D eigenvalue weighted by Gasteiger charge is 2.09. The molecule has 0 aliphatic rings. The third-order valence-corrected chi connectivity index (χ3v) is 3.30. The van der Waals surface area contributed by atoms with E-state index in [9.17, 15) is 0 Å². The highest BCUT2D eigenvalue weighted by Crippen LogP contribution is 2.28. The Bertz CT molecular complexity index is 659. The summed E-state index contributed by atoms with van der Waals surface area (Å²) in [6.45, 7) is 0. The van der Waals surface area contributed by atoms with Crippen molar-refractivity contribution in [3.63, 3.8) is 0 Å². The summed E-state index contributed by atoms with van der Waals surface area (Å²) < 4.78 is 1.84. The summed E-state index contributed by atoms with van der Waals surface area (Å²) in [7, 11) is 1.89. The van der Waals surface area contributed by atoms with Crippen LogP contribution in [0.1, 0.15) is 0 Å². The third-order valence-electron chi connectivity index (χ3n) is 2.23. The molecule has 0 saturated heterocycles. The molecule has 17 heavy (non-hydrogen) atoms. The van der Waals surface area contributed by atoms with Gasteiger partial charge in [0.05, 0.1) is 5.39 Å². The number of aryl methyl sites for hydroxylation is 1. The smallest absolute Gasteiger partial charge is 0.197 e. The van der Waals surface area contributed by atoms with E-state index in [1.165, 1.54) is 18.1 Å². The monoisotopic (exact) mass is 244 g/mol. The van der Waals surface area contributed by atoms with E-state index in [4.69, 9.17) is 0 Å². The van der Waals surface area contributed by atoms with Gasteiger partial charge < -0.3 is 4.57 Å². The van der Waals surface area contributed by atoms with E-state index in [-0.39, 0.29) is 0 Å². The second-order valence-corrected chi connectivity index (χ2v) is 4.34. The van der Waals surface area contributed by atoms with E-state index < -0.39 is 0 Å². The Labute approximate surface area is 101 Å². The van der Waals surface area contributed by atoms with Crippen LogP contribution >= 0.6 is 11.8 Å². The molecule has 3 rings (SSSR count). The first kappa shape index (κ1) is 10.2. The minimum atomic E-state index is 0.687.